The molecule has 0 amide bonds. The molecule has 0 unspecified atom stereocenters. The molecule has 0 saturated heterocycles. The molecular weight excluding hydrogens is 400 g/mol. The van der Waals surface area contributed by atoms with E-state index in [2.05, 4.69) is 12.1 Å². The number of nitriles is 2. The summed E-state index contributed by atoms with van der Waals surface area (Å²) in [5, 5.41) is 19.7. The van der Waals surface area contributed by atoms with Gasteiger partial charge in [0.15, 0.2) is 0 Å². The van der Waals surface area contributed by atoms with Crippen LogP contribution < -0.4 is 9.47 Å². The summed E-state index contributed by atoms with van der Waals surface area (Å²) in [5.74, 6) is 2.30. The van der Waals surface area contributed by atoms with Crippen LogP contribution in [-0.2, 0) is 0 Å². The Morgan fingerprint density at radius 3 is 1.31 bits per heavy atom. The van der Waals surface area contributed by atoms with Crippen LogP contribution in [0.1, 0.15) is 22.3 Å². The van der Waals surface area contributed by atoms with Crippen LogP contribution in [0.3, 0.4) is 0 Å². The van der Waals surface area contributed by atoms with Crippen LogP contribution in [0.5, 0.6) is 11.5 Å². The van der Waals surface area contributed by atoms with E-state index in [4.69, 9.17) is 30.0 Å². The first-order valence-corrected chi connectivity index (χ1v) is 9.87. The normalized spacial score (nSPS) is 13.2. The smallest absolute Gasteiger partial charge is 0.227 e. The molecule has 0 fully saturated rings. The van der Waals surface area contributed by atoms with Crippen molar-refractivity contribution in [2.45, 2.75) is 0 Å². The predicted molar refractivity (Wildman–Crippen MR) is 120 cm³/mol. The Bertz CT molecular complexity index is 1450. The van der Waals surface area contributed by atoms with Gasteiger partial charge in [0.25, 0.3) is 0 Å². The first kappa shape index (κ1) is 17.9. The van der Waals surface area contributed by atoms with Gasteiger partial charge < -0.3 is 9.47 Å². The van der Waals surface area contributed by atoms with E-state index in [9.17, 15) is 0 Å². The highest BCUT2D eigenvalue weighted by molar-refractivity contribution is 6.16. The summed E-state index contributed by atoms with van der Waals surface area (Å²) in [6, 6.07) is 26.0. The Hall–Kier alpha value is -4.94. The standard InChI is InChI=1S/C26H12N4O2/c27-13-15-1-5-17(6-2-15)25-29-19-9-12-22-24-20(10-11-21(31-25)23(19)24)30-26(32-22)18-7-3-16(14-28)4-8-18/h1-12H. The van der Waals surface area contributed by atoms with Crippen molar-refractivity contribution in [1.82, 2.24) is 0 Å². The zero-order chi connectivity index (χ0) is 21.7. The van der Waals surface area contributed by atoms with E-state index in [-0.39, 0.29) is 0 Å². The second-order valence-corrected chi connectivity index (χ2v) is 7.33. The Balaban J connectivity index is 1.46. The summed E-state index contributed by atoms with van der Waals surface area (Å²) in [4.78, 5) is 9.41. The van der Waals surface area contributed by atoms with Gasteiger partial charge in [0.1, 0.15) is 11.5 Å². The van der Waals surface area contributed by atoms with Crippen molar-refractivity contribution in [3.8, 4) is 23.6 Å². The minimum atomic E-state index is 0.476. The molecule has 2 heterocycles. The van der Waals surface area contributed by atoms with Gasteiger partial charge >= 0.3 is 0 Å². The third-order valence-corrected chi connectivity index (χ3v) is 5.42. The minimum Gasteiger partial charge on any atom is -0.438 e. The lowest BCUT2D eigenvalue weighted by molar-refractivity contribution is 0.547. The number of ether oxygens (including phenoxy) is 2. The molecule has 0 spiro atoms. The molecule has 0 radical (unpaired) electrons. The van der Waals surface area contributed by atoms with Crippen LogP contribution in [0.25, 0.3) is 10.8 Å². The third-order valence-electron chi connectivity index (χ3n) is 5.42. The van der Waals surface area contributed by atoms with E-state index in [1.165, 1.54) is 0 Å². The SMILES string of the molecule is N#Cc1ccc(C2=Nc3ccc4c5c(ccc(c35)O2)N=C(c2ccc(C#N)cc2)O4)cc1. The van der Waals surface area contributed by atoms with Crippen molar-refractivity contribution in [2.75, 3.05) is 0 Å². The molecule has 32 heavy (non-hydrogen) atoms. The third kappa shape index (κ3) is 2.72. The van der Waals surface area contributed by atoms with Crippen molar-refractivity contribution in [3.05, 3.63) is 95.1 Å². The molecule has 0 aromatic heterocycles. The summed E-state index contributed by atoms with van der Waals surface area (Å²) in [7, 11) is 0. The highest BCUT2D eigenvalue weighted by Crippen LogP contribution is 2.48. The molecule has 0 aliphatic carbocycles. The fraction of sp³-hybridized carbons (Fsp3) is 0. The van der Waals surface area contributed by atoms with E-state index in [1.807, 2.05) is 48.5 Å². The Kier molecular flexibility index (Phi) is 3.80. The average molecular weight is 412 g/mol. The van der Waals surface area contributed by atoms with Gasteiger partial charge in [-0.05, 0) is 72.8 Å². The van der Waals surface area contributed by atoms with Crippen molar-refractivity contribution in [2.24, 2.45) is 9.98 Å². The second kappa shape index (κ2) is 6.80. The van der Waals surface area contributed by atoms with Gasteiger partial charge in [0.2, 0.25) is 11.8 Å². The van der Waals surface area contributed by atoms with E-state index in [0.717, 1.165) is 33.3 Å². The number of rotatable bonds is 2. The highest BCUT2D eigenvalue weighted by atomic mass is 16.5. The van der Waals surface area contributed by atoms with Crippen molar-refractivity contribution in [1.29, 1.82) is 10.5 Å². The van der Waals surface area contributed by atoms with Gasteiger partial charge in [-0.25, -0.2) is 9.98 Å². The van der Waals surface area contributed by atoms with Crippen molar-refractivity contribution < 1.29 is 9.47 Å². The maximum Gasteiger partial charge on any atom is 0.227 e. The average Bonchev–Trinajstić information content (AvgIpc) is 2.87. The molecule has 6 heteroatoms. The van der Waals surface area contributed by atoms with E-state index < -0.39 is 0 Å². The molecule has 6 nitrogen and oxygen atoms in total. The largest absolute Gasteiger partial charge is 0.438 e. The topological polar surface area (TPSA) is 90.8 Å². The molecule has 4 aromatic carbocycles. The summed E-state index contributed by atoms with van der Waals surface area (Å²) in [6.07, 6.45) is 0. The van der Waals surface area contributed by atoms with E-state index in [1.54, 1.807) is 24.3 Å². The number of hydrogen-bond acceptors (Lipinski definition) is 6. The summed E-state index contributed by atoms with van der Waals surface area (Å²) in [6.45, 7) is 0. The molecule has 6 rings (SSSR count). The van der Waals surface area contributed by atoms with Gasteiger partial charge in [-0.3, -0.25) is 0 Å². The molecule has 0 bridgehead atoms. The van der Waals surface area contributed by atoms with Crippen LogP contribution >= 0.6 is 0 Å². The molecule has 148 valence electrons. The van der Waals surface area contributed by atoms with Gasteiger partial charge in [-0.15, -0.1) is 0 Å². The zero-order valence-electron chi connectivity index (χ0n) is 16.5. The Morgan fingerprint density at radius 2 is 0.938 bits per heavy atom. The quantitative estimate of drug-likeness (QED) is 0.433. The molecule has 2 aliphatic heterocycles. The summed E-state index contributed by atoms with van der Waals surface area (Å²) in [5.41, 5.74) is 4.29. The Labute approximate surface area is 182 Å². The fourth-order valence-electron chi connectivity index (χ4n) is 3.85. The van der Waals surface area contributed by atoms with Crippen molar-refractivity contribution >= 4 is 33.9 Å². The molecule has 0 N–H and O–H groups in total. The molecule has 0 atom stereocenters. The summed E-state index contributed by atoms with van der Waals surface area (Å²) >= 11 is 0. The Morgan fingerprint density at radius 1 is 0.531 bits per heavy atom. The molecule has 4 aromatic rings. The van der Waals surface area contributed by atoms with Gasteiger partial charge in [-0.2, -0.15) is 10.5 Å². The predicted octanol–water partition coefficient (Wildman–Crippen LogP) is 5.52. The lowest BCUT2D eigenvalue weighted by Crippen LogP contribution is -2.15. The zero-order valence-corrected chi connectivity index (χ0v) is 16.5. The van der Waals surface area contributed by atoms with Gasteiger partial charge in [0.05, 0.1) is 45.4 Å². The van der Waals surface area contributed by atoms with Crippen LogP contribution in [0.4, 0.5) is 11.4 Å². The number of benzene rings is 4. The van der Waals surface area contributed by atoms with E-state index in [0.29, 0.717) is 34.4 Å². The van der Waals surface area contributed by atoms with Crippen LogP contribution in [-0.4, -0.2) is 11.8 Å². The van der Waals surface area contributed by atoms with Gasteiger partial charge in [-0.1, -0.05) is 0 Å². The summed E-state index contributed by atoms with van der Waals surface area (Å²) < 4.78 is 12.2. The maximum absolute atomic E-state index is 9.02. The second-order valence-electron chi connectivity index (χ2n) is 7.33. The maximum atomic E-state index is 9.02. The monoisotopic (exact) mass is 412 g/mol. The van der Waals surface area contributed by atoms with Crippen LogP contribution in [0, 0.1) is 22.7 Å². The minimum absolute atomic E-state index is 0.476. The van der Waals surface area contributed by atoms with Crippen LogP contribution in [0.2, 0.25) is 0 Å². The molecule has 0 saturated carbocycles. The first-order valence-electron chi connectivity index (χ1n) is 9.87. The number of aliphatic imine (C=N–C) groups is 2. The van der Waals surface area contributed by atoms with Crippen LogP contribution in [0.15, 0.2) is 82.8 Å². The highest BCUT2D eigenvalue weighted by Gasteiger charge is 2.25. The van der Waals surface area contributed by atoms with Crippen molar-refractivity contribution in [3.63, 3.8) is 0 Å². The fourth-order valence-corrected chi connectivity index (χ4v) is 3.85. The number of hydrogen-bond donors (Lipinski definition) is 0. The molecular formula is C26H12N4O2. The first-order chi connectivity index (χ1) is 15.7. The lowest BCUT2D eigenvalue weighted by atomic mass is 10.0. The van der Waals surface area contributed by atoms with E-state index >= 15 is 0 Å². The lowest BCUT2D eigenvalue weighted by Gasteiger charge is -2.23. The van der Waals surface area contributed by atoms with Gasteiger partial charge in [0, 0.05) is 11.1 Å². The molecule has 2 aliphatic rings. The number of nitrogens with zero attached hydrogens (tertiary/aromatic N) is 4.